The number of unbranched alkanes of at least 4 members (excludes halogenated alkanes) is 1. The number of halogens is 2. The first-order chi connectivity index (χ1) is 11.6. The summed E-state index contributed by atoms with van der Waals surface area (Å²) >= 11 is 6.38. The smallest absolute Gasteiger partial charge is 0.305 e. The molecule has 0 radical (unpaired) electrons. The number of rotatable bonds is 8. The van der Waals surface area contributed by atoms with E-state index in [-0.39, 0.29) is 24.2 Å². The maximum absolute atomic E-state index is 12.7. The van der Waals surface area contributed by atoms with E-state index >= 15 is 0 Å². The third-order valence-corrected chi connectivity index (χ3v) is 4.88. The molecule has 0 aromatic heterocycles. The van der Waals surface area contributed by atoms with Crippen LogP contribution in [0.1, 0.15) is 57.4 Å². The third-order valence-electron chi connectivity index (χ3n) is 4.56. The van der Waals surface area contributed by atoms with Crippen LogP contribution >= 0.6 is 24.0 Å². The largest absolute Gasteiger partial charge is 0.466 e. The lowest BCUT2D eigenvalue weighted by atomic mass is 9.75. The number of ether oxygens (including phenoxy) is 1. The van der Waals surface area contributed by atoms with Crippen LogP contribution in [0.4, 0.5) is 0 Å². The molecule has 140 valence electrons. The number of nitrogens with one attached hydrogen (secondary N) is 1. The van der Waals surface area contributed by atoms with E-state index in [1.165, 1.54) is 0 Å². The normalized spacial score (nSPS) is 20.0. The molecule has 0 saturated heterocycles. The summed E-state index contributed by atoms with van der Waals surface area (Å²) < 4.78 is 4.93. The number of hydrogen-bond acceptors (Lipinski definition) is 4. The van der Waals surface area contributed by atoms with E-state index in [2.05, 4.69) is 5.32 Å². The van der Waals surface area contributed by atoms with Crippen molar-refractivity contribution in [1.82, 2.24) is 5.32 Å². The first-order valence-electron chi connectivity index (χ1n) is 8.79. The topological polar surface area (TPSA) is 55.4 Å². The molecule has 0 bridgehead atoms. The zero-order chi connectivity index (χ0) is 17.4. The highest BCUT2D eigenvalue weighted by Crippen LogP contribution is 2.38. The molecule has 1 N–H and O–H groups in total. The molecule has 6 heteroatoms. The lowest BCUT2D eigenvalue weighted by molar-refractivity contribution is -0.143. The summed E-state index contributed by atoms with van der Waals surface area (Å²) in [7, 11) is 0. The van der Waals surface area contributed by atoms with Gasteiger partial charge in [0.1, 0.15) is 5.54 Å². The average Bonchev–Trinajstić information content (AvgIpc) is 2.57. The zero-order valence-corrected chi connectivity index (χ0v) is 16.3. The molecule has 0 heterocycles. The Balaban J connectivity index is 0.00000312. The van der Waals surface area contributed by atoms with Crippen molar-refractivity contribution in [2.45, 2.75) is 57.4 Å². The van der Waals surface area contributed by atoms with Crippen LogP contribution in [0, 0.1) is 0 Å². The van der Waals surface area contributed by atoms with Gasteiger partial charge >= 0.3 is 5.97 Å². The van der Waals surface area contributed by atoms with Crippen molar-refractivity contribution in [2.24, 2.45) is 0 Å². The number of ketones is 1. The van der Waals surface area contributed by atoms with E-state index < -0.39 is 5.54 Å². The summed E-state index contributed by atoms with van der Waals surface area (Å²) in [6.45, 7) is 2.90. The van der Waals surface area contributed by atoms with Gasteiger partial charge in [-0.25, -0.2) is 0 Å². The van der Waals surface area contributed by atoms with Gasteiger partial charge in [0.05, 0.1) is 6.61 Å². The Hall–Kier alpha value is -1.10. The Morgan fingerprint density at radius 2 is 2.04 bits per heavy atom. The Labute approximate surface area is 161 Å². The molecule has 1 aromatic rings. The van der Waals surface area contributed by atoms with Crippen LogP contribution < -0.4 is 5.32 Å². The number of esters is 1. The second-order valence-electron chi connectivity index (χ2n) is 6.20. The SMILES string of the molecule is CCOC(=O)CCCCNC1(c2ccccc2Cl)CCCCC1=O.Cl. The summed E-state index contributed by atoms with van der Waals surface area (Å²) in [6, 6.07) is 7.58. The summed E-state index contributed by atoms with van der Waals surface area (Å²) in [5.74, 6) is 0.0549. The van der Waals surface area contributed by atoms with Gasteiger partial charge < -0.3 is 10.1 Å². The Morgan fingerprint density at radius 3 is 2.72 bits per heavy atom. The molecule has 4 nitrogen and oxygen atoms in total. The summed E-state index contributed by atoms with van der Waals surface area (Å²) in [6.07, 6.45) is 5.29. The van der Waals surface area contributed by atoms with Gasteiger partial charge in [0.2, 0.25) is 0 Å². The van der Waals surface area contributed by atoms with Crippen molar-refractivity contribution in [3.63, 3.8) is 0 Å². The number of hydrogen-bond donors (Lipinski definition) is 1. The maximum atomic E-state index is 12.7. The van der Waals surface area contributed by atoms with Crippen molar-refractivity contribution in [3.05, 3.63) is 34.9 Å². The molecular weight excluding hydrogens is 361 g/mol. The van der Waals surface area contributed by atoms with Crippen LogP contribution in [0.3, 0.4) is 0 Å². The highest BCUT2D eigenvalue weighted by Gasteiger charge is 2.41. The maximum Gasteiger partial charge on any atom is 0.305 e. The van der Waals surface area contributed by atoms with E-state index in [0.29, 0.717) is 31.0 Å². The molecule has 25 heavy (non-hydrogen) atoms. The summed E-state index contributed by atoms with van der Waals surface area (Å²) in [4.78, 5) is 24.1. The van der Waals surface area contributed by atoms with Gasteiger partial charge in [-0.05, 0) is 50.8 Å². The predicted molar refractivity (Wildman–Crippen MR) is 102 cm³/mol. The molecule has 1 atom stereocenters. The second-order valence-corrected chi connectivity index (χ2v) is 6.61. The molecule has 1 aliphatic carbocycles. The number of Topliss-reactive ketones (excluding diaryl/α,β-unsaturated/α-hetero) is 1. The first kappa shape index (κ1) is 21.9. The van der Waals surface area contributed by atoms with Crippen LogP contribution in [0.5, 0.6) is 0 Å². The molecule has 0 amide bonds. The fourth-order valence-corrected chi connectivity index (χ4v) is 3.63. The van der Waals surface area contributed by atoms with Crippen LogP contribution in [-0.2, 0) is 19.9 Å². The van der Waals surface area contributed by atoms with Gasteiger partial charge in [-0.1, -0.05) is 36.2 Å². The Kier molecular flexibility index (Phi) is 9.47. The van der Waals surface area contributed by atoms with E-state index in [1.54, 1.807) is 0 Å². The summed E-state index contributed by atoms with van der Waals surface area (Å²) in [5, 5.41) is 4.09. The quantitative estimate of drug-likeness (QED) is 0.529. The van der Waals surface area contributed by atoms with Crippen molar-refractivity contribution in [1.29, 1.82) is 0 Å². The molecule has 0 spiro atoms. The van der Waals surface area contributed by atoms with Crippen molar-refractivity contribution in [3.8, 4) is 0 Å². The fourth-order valence-electron chi connectivity index (χ4n) is 3.33. The second kappa shape index (κ2) is 10.8. The van der Waals surface area contributed by atoms with E-state index in [9.17, 15) is 9.59 Å². The molecular formula is C19H27Cl2NO3. The van der Waals surface area contributed by atoms with E-state index in [4.69, 9.17) is 16.3 Å². The highest BCUT2D eigenvalue weighted by molar-refractivity contribution is 6.31. The number of benzene rings is 1. The van der Waals surface area contributed by atoms with Crippen molar-refractivity contribution < 1.29 is 14.3 Å². The van der Waals surface area contributed by atoms with Gasteiger partial charge in [-0.15, -0.1) is 12.4 Å². The van der Waals surface area contributed by atoms with Crippen LogP contribution in [-0.4, -0.2) is 24.9 Å². The molecule has 1 unspecified atom stereocenters. The van der Waals surface area contributed by atoms with E-state index in [0.717, 1.165) is 37.7 Å². The summed E-state index contributed by atoms with van der Waals surface area (Å²) in [5.41, 5.74) is 0.197. The predicted octanol–water partition coefficient (Wildman–Crippen LogP) is 4.42. The van der Waals surface area contributed by atoms with Gasteiger partial charge in [0, 0.05) is 17.9 Å². The molecule has 1 saturated carbocycles. The molecule has 2 rings (SSSR count). The van der Waals surface area contributed by atoms with Gasteiger partial charge in [-0.2, -0.15) is 0 Å². The van der Waals surface area contributed by atoms with Gasteiger partial charge in [0.25, 0.3) is 0 Å². The van der Waals surface area contributed by atoms with Crippen LogP contribution in [0.25, 0.3) is 0 Å². The molecule has 0 aliphatic heterocycles. The lowest BCUT2D eigenvalue weighted by Gasteiger charge is -2.38. The Bertz CT molecular complexity index is 580. The molecule has 1 fully saturated rings. The van der Waals surface area contributed by atoms with Crippen LogP contribution in [0.2, 0.25) is 5.02 Å². The first-order valence-corrected chi connectivity index (χ1v) is 9.17. The monoisotopic (exact) mass is 387 g/mol. The average molecular weight is 388 g/mol. The van der Waals surface area contributed by atoms with Gasteiger partial charge in [-0.3, -0.25) is 9.59 Å². The minimum atomic E-state index is -0.680. The fraction of sp³-hybridized carbons (Fsp3) is 0.579. The van der Waals surface area contributed by atoms with Crippen LogP contribution in [0.15, 0.2) is 24.3 Å². The minimum absolute atomic E-state index is 0. The standard InChI is InChI=1S/C19H26ClNO3.ClH/c1-2-24-18(23)12-6-8-14-21-19(13-7-5-11-17(19)22)15-9-3-4-10-16(15)20;/h3-4,9-10,21H,2,5-8,11-14H2,1H3;1H. The number of carbonyl (C=O) groups excluding carboxylic acids is 2. The zero-order valence-electron chi connectivity index (χ0n) is 14.7. The van der Waals surface area contributed by atoms with E-state index in [1.807, 2.05) is 31.2 Å². The molecule has 1 aromatic carbocycles. The van der Waals surface area contributed by atoms with Crippen molar-refractivity contribution in [2.75, 3.05) is 13.2 Å². The molecule has 1 aliphatic rings. The van der Waals surface area contributed by atoms with Crippen molar-refractivity contribution >= 4 is 35.8 Å². The minimum Gasteiger partial charge on any atom is -0.466 e. The highest BCUT2D eigenvalue weighted by atomic mass is 35.5. The Morgan fingerprint density at radius 1 is 1.28 bits per heavy atom. The number of carbonyl (C=O) groups is 2. The third kappa shape index (κ3) is 5.70. The van der Waals surface area contributed by atoms with Gasteiger partial charge in [0.15, 0.2) is 5.78 Å². The lowest BCUT2D eigenvalue weighted by Crippen LogP contribution is -2.51.